The molecule has 1 aliphatic heterocycles. The predicted molar refractivity (Wildman–Crippen MR) is 93.0 cm³/mol. The predicted octanol–water partition coefficient (Wildman–Crippen LogP) is 1.44. The summed E-state index contributed by atoms with van der Waals surface area (Å²) < 4.78 is 16.2. The summed E-state index contributed by atoms with van der Waals surface area (Å²) in [5.74, 6) is -0.818. The fourth-order valence-corrected chi connectivity index (χ4v) is 2.78. The second-order valence-corrected chi connectivity index (χ2v) is 6.17. The van der Waals surface area contributed by atoms with Crippen molar-refractivity contribution in [2.45, 2.75) is 37.6 Å². The summed E-state index contributed by atoms with van der Waals surface area (Å²) in [5, 5.41) is 20.5. The molecule has 1 fully saturated rings. The number of aliphatic hydroxyl groups is 2. The second-order valence-electron chi connectivity index (χ2n) is 6.17. The molecule has 0 saturated carbocycles. The molecule has 6 heteroatoms. The van der Waals surface area contributed by atoms with E-state index >= 15 is 0 Å². The van der Waals surface area contributed by atoms with Crippen molar-refractivity contribution in [3.05, 3.63) is 71.8 Å². The third-order valence-corrected chi connectivity index (χ3v) is 4.22. The first-order chi connectivity index (χ1) is 12.6. The lowest BCUT2D eigenvalue weighted by molar-refractivity contribution is -0.219. The third kappa shape index (κ3) is 4.68. The molecule has 0 amide bonds. The molecule has 1 aliphatic rings. The summed E-state index contributed by atoms with van der Waals surface area (Å²) >= 11 is 0. The highest BCUT2D eigenvalue weighted by Crippen LogP contribution is 2.21. The lowest BCUT2D eigenvalue weighted by Crippen LogP contribution is -2.57. The molecule has 26 heavy (non-hydrogen) atoms. The van der Waals surface area contributed by atoms with Crippen molar-refractivity contribution >= 4 is 5.97 Å². The van der Waals surface area contributed by atoms with Crippen molar-refractivity contribution in [1.29, 1.82) is 0 Å². The minimum Gasteiger partial charge on any atom is -0.455 e. The van der Waals surface area contributed by atoms with E-state index in [4.69, 9.17) is 14.2 Å². The lowest BCUT2D eigenvalue weighted by atomic mass is 9.99. The van der Waals surface area contributed by atoms with Gasteiger partial charge in [-0.1, -0.05) is 60.7 Å². The van der Waals surface area contributed by atoms with Crippen LogP contribution in [0.15, 0.2) is 60.7 Å². The van der Waals surface area contributed by atoms with E-state index < -0.39 is 30.4 Å². The van der Waals surface area contributed by atoms with Crippen LogP contribution in [0.1, 0.15) is 11.1 Å². The highest BCUT2D eigenvalue weighted by atomic mass is 16.6. The molecule has 1 saturated heterocycles. The van der Waals surface area contributed by atoms with Gasteiger partial charge in [0.25, 0.3) is 0 Å². The monoisotopic (exact) mass is 358 g/mol. The Hall–Kier alpha value is -2.25. The molecule has 0 spiro atoms. The third-order valence-electron chi connectivity index (χ3n) is 4.22. The number of hydrogen-bond donors (Lipinski definition) is 2. The van der Waals surface area contributed by atoms with Gasteiger partial charge in [0.1, 0.15) is 12.2 Å². The Balaban J connectivity index is 1.56. The molecule has 0 bridgehead atoms. The highest BCUT2D eigenvalue weighted by Gasteiger charge is 2.45. The van der Waals surface area contributed by atoms with Crippen LogP contribution in [0.5, 0.6) is 0 Å². The van der Waals surface area contributed by atoms with Crippen LogP contribution in [-0.4, -0.2) is 47.2 Å². The number of benzene rings is 2. The average Bonchev–Trinajstić information content (AvgIpc) is 2.67. The maximum atomic E-state index is 11.9. The summed E-state index contributed by atoms with van der Waals surface area (Å²) in [6.07, 6.45) is -4.67. The number of ether oxygens (including phenoxy) is 3. The van der Waals surface area contributed by atoms with Crippen LogP contribution in [-0.2, 0) is 32.2 Å². The Morgan fingerprint density at radius 2 is 1.46 bits per heavy atom. The first kappa shape index (κ1) is 18.5. The minimum absolute atomic E-state index is 0.0136. The molecule has 6 nitrogen and oxygen atoms in total. The number of rotatable bonds is 7. The van der Waals surface area contributed by atoms with Crippen LogP contribution in [0.3, 0.4) is 0 Å². The van der Waals surface area contributed by atoms with Gasteiger partial charge in [0, 0.05) is 0 Å². The summed E-state index contributed by atoms with van der Waals surface area (Å²) in [6, 6.07) is 18.9. The van der Waals surface area contributed by atoms with E-state index in [1.165, 1.54) is 0 Å². The minimum atomic E-state index is -1.53. The largest absolute Gasteiger partial charge is 0.455 e. The van der Waals surface area contributed by atoms with E-state index in [0.29, 0.717) is 6.61 Å². The average molecular weight is 358 g/mol. The van der Waals surface area contributed by atoms with Gasteiger partial charge in [0.05, 0.1) is 19.8 Å². The number of esters is 1. The topological polar surface area (TPSA) is 85.2 Å². The van der Waals surface area contributed by atoms with E-state index in [2.05, 4.69) is 0 Å². The smallest absolute Gasteiger partial charge is 0.338 e. The molecule has 4 atom stereocenters. The zero-order valence-corrected chi connectivity index (χ0v) is 14.2. The van der Waals surface area contributed by atoms with Gasteiger partial charge in [0.2, 0.25) is 0 Å². The van der Waals surface area contributed by atoms with Crippen LogP contribution in [0, 0.1) is 0 Å². The summed E-state index contributed by atoms with van der Waals surface area (Å²) in [6.45, 7) is 0.518. The molecular weight excluding hydrogens is 336 g/mol. The Labute approximate surface area is 151 Å². The molecule has 0 unspecified atom stereocenters. The highest BCUT2D eigenvalue weighted by molar-refractivity contribution is 5.76. The van der Waals surface area contributed by atoms with Crippen LogP contribution < -0.4 is 0 Å². The van der Waals surface area contributed by atoms with E-state index in [1.54, 1.807) is 0 Å². The van der Waals surface area contributed by atoms with Crippen molar-refractivity contribution < 1.29 is 29.2 Å². The zero-order valence-electron chi connectivity index (χ0n) is 14.2. The van der Waals surface area contributed by atoms with Gasteiger partial charge in [-0.3, -0.25) is 0 Å². The maximum absolute atomic E-state index is 11.9. The standard InChI is InChI=1S/C20H22O6/c21-17-16(13-24-11-14-7-3-1-4-8-14)26-20(23)18(22)19(17)25-12-15-9-5-2-6-10-15/h1-10,16-19,21-22H,11-13H2/t16-,17-,18-,19+/m1/s1. The molecule has 2 N–H and O–H groups in total. The van der Waals surface area contributed by atoms with Crippen molar-refractivity contribution in [1.82, 2.24) is 0 Å². The molecule has 0 aromatic heterocycles. The van der Waals surface area contributed by atoms with Gasteiger partial charge in [0.15, 0.2) is 12.2 Å². The van der Waals surface area contributed by atoms with Crippen molar-refractivity contribution in [2.75, 3.05) is 6.61 Å². The molecule has 2 aromatic rings. The van der Waals surface area contributed by atoms with E-state index in [9.17, 15) is 15.0 Å². The number of carbonyl (C=O) groups is 1. The van der Waals surface area contributed by atoms with E-state index in [0.717, 1.165) is 11.1 Å². The fourth-order valence-electron chi connectivity index (χ4n) is 2.78. The first-order valence-electron chi connectivity index (χ1n) is 8.49. The van der Waals surface area contributed by atoms with Crippen molar-refractivity contribution in [3.8, 4) is 0 Å². The van der Waals surface area contributed by atoms with Crippen molar-refractivity contribution in [2.24, 2.45) is 0 Å². The van der Waals surface area contributed by atoms with Crippen LogP contribution >= 0.6 is 0 Å². The number of cyclic esters (lactones) is 1. The van der Waals surface area contributed by atoms with Gasteiger partial charge in [-0.05, 0) is 11.1 Å². The van der Waals surface area contributed by atoms with Crippen molar-refractivity contribution in [3.63, 3.8) is 0 Å². The lowest BCUT2D eigenvalue weighted by Gasteiger charge is -2.36. The second kappa shape index (κ2) is 8.91. The Kier molecular flexibility index (Phi) is 6.35. The molecular formula is C20H22O6. The summed E-state index contributed by atoms with van der Waals surface area (Å²) in [7, 11) is 0. The van der Waals surface area contributed by atoms with E-state index in [-0.39, 0.29) is 13.2 Å². The van der Waals surface area contributed by atoms with E-state index in [1.807, 2.05) is 60.7 Å². The molecule has 0 radical (unpaired) electrons. The normalized spacial score (nSPS) is 25.7. The molecule has 2 aromatic carbocycles. The molecule has 1 heterocycles. The van der Waals surface area contributed by atoms with Crippen LogP contribution in [0.2, 0.25) is 0 Å². The fraction of sp³-hybridized carbons (Fsp3) is 0.350. The number of hydrogen-bond acceptors (Lipinski definition) is 6. The quantitative estimate of drug-likeness (QED) is 0.729. The van der Waals surface area contributed by atoms with Gasteiger partial charge in [-0.2, -0.15) is 0 Å². The molecule has 3 rings (SSSR count). The molecule has 138 valence electrons. The van der Waals surface area contributed by atoms with Crippen LogP contribution in [0.4, 0.5) is 0 Å². The summed E-state index contributed by atoms with van der Waals surface area (Å²) in [4.78, 5) is 11.9. The van der Waals surface area contributed by atoms with Crippen LogP contribution in [0.25, 0.3) is 0 Å². The Bertz CT molecular complexity index is 690. The van der Waals surface area contributed by atoms with Gasteiger partial charge >= 0.3 is 5.97 Å². The number of aliphatic hydroxyl groups excluding tert-OH is 2. The Morgan fingerprint density at radius 3 is 2.08 bits per heavy atom. The number of carbonyl (C=O) groups excluding carboxylic acids is 1. The SMILES string of the molecule is O=C1O[C@H](COCc2ccccc2)[C@@H](O)[C@H](OCc2ccccc2)[C@H]1O. The van der Waals surface area contributed by atoms with Gasteiger partial charge in [-0.15, -0.1) is 0 Å². The van der Waals surface area contributed by atoms with Gasteiger partial charge < -0.3 is 24.4 Å². The summed E-state index contributed by atoms with van der Waals surface area (Å²) in [5.41, 5.74) is 1.85. The van der Waals surface area contributed by atoms with Gasteiger partial charge in [-0.25, -0.2) is 4.79 Å². The molecule has 0 aliphatic carbocycles. The Morgan fingerprint density at radius 1 is 0.885 bits per heavy atom. The zero-order chi connectivity index (χ0) is 18.4. The first-order valence-corrected chi connectivity index (χ1v) is 8.49. The maximum Gasteiger partial charge on any atom is 0.338 e.